The maximum absolute atomic E-state index is 5.96. The lowest BCUT2D eigenvalue weighted by Gasteiger charge is -2.44. The Labute approximate surface area is 119 Å². The summed E-state index contributed by atoms with van der Waals surface area (Å²) in [7, 11) is 0. The molecule has 4 nitrogen and oxygen atoms in total. The highest BCUT2D eigenvalue weighted by molar-refractivity contribution is 7.13. The van der Waals surface area contributed by atoms with Gasteiger partial charge in [-0.15, -0.1) is 11.3 Å². The van der Waals surface area contributed by atoms with Gasteiger partial charge in [0.05, 0.1) is 0 Å². The Morgan fingerprint density at radius 3 is 2.68 bits per heavy atom. The first-order valence-corrected chi connectivity index (χ1v) is 8.35. The van der Waals surface area contributed by atoms with Crippen molar-refractivity contribution < 1.29 is 0 Å². The average molecular weight is 280 g/mol. The van der Waals surface area contributed by atoms with Crippen LogP contribution >= 0.6 is 11.3 Å². The zero-order chi connectivity index (χ0) is 13.1. The Kier molecular flexibility index (Phi) is 4.35. The number of thiazole rings is 1. The highest BCUT2D eigenvalue weighted by atomic mass is 32.1. The van der Waals surface area contributed by atoms with Gasteiger partial charge >= 0.3 is 0 Å². The van der Waals surface area contributed by atoms with E-state index in [1.165, 1.54) is 43.9 Å². The molecule has 0 amide bonds. The topological polar surface area (TPSA) is 45.4 Å². The van der Waals surface area contributed by atoms with Crippen LogP contribution in [-0.4, -0.2) is 48.6 Å². The van der Waals surface area contributed by atoms with Gasteiger partial charge in [0.1, 0.15) is 0 Å². The SMILES string of the molecule is NCC1CCCCC1N1CCN(c2nccs2)CC1. The molecule has 5 heteroatoms. The number of anilines is 1. The first-order valence-electron chi connectivity index (χ1n) is 7.47. The monoisotopic (exact) mass is 280 g/mol. The highest BCUT2D eigenvalue weighted by Gasteiger charge is 2.31. The van der Waals surface area contributed by atoms with Crippen molar-refractivity contribution in [2.45, 2.75) is 31.7 Å². The molecule has 0 aromatic carbocycles. The lowest BCUT2D eigenvalue weighted by molar-refractivity contribution is 0.101. The largest absolute Gasteiger partial charge is 0.346 e. The van der Waals surface area contributed by atoms with Gasteiger partial charge in [-0.25, -0.2) is 4.98 Å². The maximum atomic E-state index is 5.96. The molecule has 0 bridgehead atoms. The van der Waals surface area contributed by atoms with Crippen molar-refractivity contribution in [3.8, 4) is 0 Å². The molecule has 2 atom stereocenters. The van der Waals surface area contributed by atoms with E-state index in [0.717, 1.165) is 31.6 Å². The van der Waals surface area contributed by atoms with Crippen LogP contribution in [-0.2, 0) is 0 Å². The zero-order valence-electron chi connectivity index (χ0n) is 11.5. The van der Waals surface area contributed by atoms with Gasteiger partial charge in [0.2, 0.25) is 0 Å². The van der Waals surface area contributed by atoms with Gasteiger partial charge in [0.25, 0.3) is 0 Å². The minimum Gasteiger partial charge on any atom is -0.346 e. The first kappa shape index (κ1) is 13.3. The third-order valence-electron chi connectivity index (χ3n) is 4.64. The second kappa shape index (κ2) is 6.20. The lowest BCUT2D eigenvalue weighted by Crippen LogP contribution is -2.54. The molecular weight excluding hydrogens is 256 g/mol. The van der Waals surface area contributed by atoms with Crippen LogP contribution in [0.1, 0.15) is 25.7 Å². The molecule has 1 saturated carbocycles. The van der Waals surface area contributed by atoms with E-state index in [-0.39, 0.29) is 0 Å². The molecule has 2 heterocycles. The molecule has 2 aliphatic rings. The van der Waals surface area contributed by atoms with Crippen LogP contribution in [0.15, 0.2) is 11.6 Å². The molecule has 0 radical (unpaired) electrons. The average Bonchev–Trinajstić information content (AvgIpc) is 3.02. The van der Waals surface area contributed by atoms with Gasteiger partial charge in [-0.2, -0.15) is 0 Å². The van der Waals surface area contributed by atoms with Gasteiger partial charge in [0.15, 0.2) is 5.13 Å². The van der Waals surface area contributed by atoms with Crippen molar-refractivity contribution in [1.82, 2.24) is 9.88 Å². The molecule has 106 valence electrons. The number of rotatable bonds is 3. The van der Waals surface area contributed by atoms with E-state index in [1.807, 2.05) is 6.20 Å². The summed E-state index contributed by atoms with van der Waals surface area (Å²) in [5.74, 6) is 0.722. The molecular formula is C14H24N4S. The Morgan fingerprint density at radius 2 is 2.00 bits per heavy atom. The lowest BCUT2D eigenvalue weighted by atomic mass is 9.83. The van der Waals surface area contributed by atoms with Crippen molar-refractivity contribution in [3.63, 3.8) is 0 Å². The molecule has 1 aromatic rings. The van der Waals surface area contributed by atoms with Crippen molar-refractivity contribution >= 4 is 16.5 Å². The van der Waals surface area contributed by atoms with Gasteiger partial charge < -0.3 is 10.6 Å². The number of hydrogen-bond acceptors (Lipinski definition) is 5. The van der Waals surface area contributed by atoms with Crippen LogP contribution in [0.5, 0.6) is 0 Å². The quantitative estimate of drug-likeness (QED) is 0.917. The molecule has 1 saturated heterocycles. The van der Waals surface area contributed by atoms with Crippen LogP contribution < -0.4 is 10.6 Å². The normalized spacial score (nSPS) is 29.6. The summed E-state index contributed by atoms with van der Waals surface area (Å²) in [5, 5.41) is 3.24. The van der Waals surface area contributed by atoms with Crippen molar-refractivity contribution in [2.24, 2.45) is 11.7 Å². The Bertz CT molecular complexity index is 373. The summed E-state index contributed by atoms with van der Waals surface area (Å²) in [4.78, 5) is 9.51. The summed E-state index contributed by atoms with van der Waals surface area (Å²) in [6.07, 6.45) is 7.33. The van der Waals surface area contributed by atoms with E-state index in [0.29, 0.717) is 0 Å². The third kappa shape index (κ3) is 2.93. The summed E-state index contributed by atoms with van der Waals surface area (Å²) < 4.78 is 0. The van der Waals surface area contributed by atoms with Crippen molar-refractivity contribution in [1.29, 1.82) is 0 Å². The summed E-state index contributed by atoms with van der Waals surface area (Å²) in [5.41, 5.74) is 5.96. The smallest absolute Gasteiger partial charge is 0.185 e. The second-order valence-corrected chi connectivity index (χ2v) is 6.56. The number of hydrogen-bond donors (Lipinski definition) is 1. The molecule has 0 spiro atoms. The van der Waals surface area contributed by atoms with E-state index in [1.54, 1.807) is 11.3 Å². The Hall–Kier alpha value is -0.650. The van der Waals surface area contributed by atoms with Crippen molar-refractivity contribution in [2.75, 3.05) is 37.6 Å². The minimum absolute atomic E-state index is 0.722. The van der Waals surface area contributed by atoms with Gasteiger partial charge in [-0.3, -0.25) is 4.90 Å². The first-order chi connectivity index (χ1) is 9.38. The summed E-state index contributed by atoms with van der Waals surface area (Å²) in [6, 6.07) is 0.734. The number of piperazine rings is 1. The number of nitrogens with two attached hydrogens (primary N) is 1. The molecule has 2 fully saturated rings. The van der Waals surface area contributed by atoms with Gasteiger partial charge in [-0.05, 0) is 25.3 Å². The fourth-order valence-corrected chi connectivity index (χ4v) is 4.26. The van der Waals surface area contributed by atoms with Crippen LogP contribution in [0.25, 0.3) is 0 Å². The van der Waals surface area contributed by atoms with Gasteiger partial charge in [0, 0.05) is 43.8 Å². The van der Waals surface area contributed by atoms with E-state index < -0.39 is 0 Å². The summed E-state index contributed by atoms with van der Waals surface area (Å²) >= 11 is 1.75. The molecule has 2 N–H and O–H groups in total. The van der Waals surface area contributed by atoms with Crippen LogP contribution in [0.3, 0.4) is 0 Å². The van der Waals surface area contributed by atoms with E-state index in [2.05, 4.69) is 20.2 Å². The maximum Gasteiger partial charge on any atom is 0.185 e. The zero-order valence-corrected chi connectivity index (χ0v) is 12.3. The molecule has 2 unspecified atom stereocenters. The second-order valence-electron chi connectivity index (χ2n) is 5.69. The highest BCUT2D eigenvalue weighted by Crippen LogP contribution is 2.29. The van der Waals surface area contributed by atoms with E-state index in [9.17, 15) is 0 Å². The fraction of sp³-hybridized carbons (Fsp3) is 0.786. The standard InChI is InChI=1S/C14H24N4S/c15-11-12-3-1-2-4-13(12)17-6-8-18(9-7-17)14-16-5-10-19-14/h5,10,12-13H,1-4,6-9,11,15H2. The predicted molar refractivity (Wildman–Crippen MR) is 80.7 cm³/mol. The third-order valence-corrected chi connectivity index (χ3v) is 5.48. The molecule has 1 aromatic heterocycles. The molecule has 19 heavy (non-hydrogen) atoms. The van der Waals surface area contributed by atoms with E-state index >= 15 is 0 Å². The Balaban J connectivity index is 1.57. The Morgan fingerprint density at radius 1 is 1.21 bits per heavy atom. The minimum atomic E-state index is 0.722. The van der Waals surface area contributed by atoms with E-state index in [4.69, 9.17) is 5.73 Å². The number of aromatic nitrogens is 1. The predicted octanol–water partition coefficient (Wildman–Crippen LogP) is 1.78. The molecule has 1 aliphatic heterocycles. The summed E-state index contributed by atoms with van der Waals surface area (Å²) in [6.45, 7) is 5.42. The van der Waals surface area contributed by atoms with Crippen LogP contribution in [0.2, 0.25) is 0 Å². The van der Waals surface area contributed by atoms with Crippen LogP contribution in [0, 0.1) is 5.92 Å². The van der Waals surface area contributed by atoms with Gasteiger partial charge in [-0.1, -0.05) is 12.8 Å². The molecule has 3 rings (SSSR count). The molecule has 1 aliphatic carbocycles. The van der Waals surface area contributed by atoms with Crippen molar-refractivity contribution in [3.05, 3.63) is 11.6 Å². The number of nitrogens with zero attached hydrogens (tertiary/aromatic N) is 3. The van der Waals surface area contributed by atoms with Crippen LogP contribution in [0.4, 0.5) is 5.13 Å². The fourth-order valence-electron chi connectivity index (χ4n) is 3.56.